The molecule has 0 aliphatic heterocycles. The van der Waals surface area contributed by atoms with Crippen LogP contribution < -0.4 is 5.43 Å². The fraction of sp³-hybridized carbons (Fsp3) is 0. The fourth-order valence-electron chi connectivity index (χ4n) is 1.78. The molecule has 2 aromatic carbocycles. The third-order valence-corrected chi connectivity index (χ3v) is 2.90. The second-order valence-corrected chi connectivity index (χ2v) is 4.45. The highest BCUT2D eigenvalue weighted by molar-refractivity contribution is 5.88. The van der Waals surface area contributed by atoms with Crippen LogP contribution in [-0.2, 0) is 0 Å². The van der Waals surface area contributed by atoms with E-state index in [1.807, 2.05) is 0 Å². The van der Waals surface area contributed by atoms with E-state index in [1.54, 1.807) is 42.5 Å². The van der Waals surface area contributed by atoms with Crippen LogP contribution in [-0.4, -0.2) is 22.2 Å². The number of carboxylic acids is 1. The molecule has 2 rings (SSSR count). The van der Waals surface area contributed by atoms with Crippen LogP contribution in [0.3, 0.4) is 0 Å². The summed E-state index contributed by atoms with van der Waals surface area (Å²) in [5.41, 5.74) is 4.05. The molecule has 2 aromatic rings. The first kappa shape index (κ1) is 15.9. The van der Waals surface area contributed by atoms with Crippen molar-refractivity contribution in [3.8, 4) is 0 Å². The molecule has 23 heavy (non-hydrogen) atoms. The summed E-state index contributed by atoms with van der Waals surface area (Å²) in [7, 11) is 0. The number of para-hydroxylation sites is 1. The molecule has 0 aromatic heterocycles. The molecule has 2 N–H and O–H groups in total. The van der Waals surface area contributed by atoms with Gasteiger partial charge in [-0.05, 0) is 42.5 Å². The average Bonchev–Trinajstić information content (AvgIpc) is 2.55. The van der Waals surface area contributed by atoms with Gasteiger partial charge in [0.1, 0.15) is 0 Å². The molecule has 116 valence electrons. The minimum Gasteiger partial charge on any atom is -0.478 e. The van der Waals surface area contributed by atoms with Crippen LogP contribution in [0, 0.1) is 10.1 Å². The zero-order valence-electron chi connectivity index (χ0n) is 11.9. The first-order valence-electron chi connectivity index (χ1n) is 6.60. The number of nitrogens with one attached hydrogen (secondary N) is 1. The summed E-state index contributed by atoms with van der Waals surface area (Å²) in [6, 6.07) is 12.5. The summed E-state index contributed by atoms with van der Waals surface area (Å²) in [5, 5.41) is 23.6. The average molecular weight is 311 g/mol. The molecule has 0 bridgehead atoms. The second-order valence-electron chi connectivity index (χ2n) is 4.45. The molecule has 0 unspecified atom stereocenters. The van der Waals surface area contributed by atoms with E-state index >= 15 is 0 Å². The van der Waals surface area contributed by atoms with E-state index in [0.717, 1.165) is 0 Å². The van der Waals surface area contributed by atoms with Crippen LogP contribution in [0.1, 0.15) is 15.9 Å². The lowest BCUT2D eigenvalue weighted by Gasteiger charge is -1.99. The SMILES string of the molecule is O=C(O)c1ccc(N/N=C\C=C\c2ccccc2[N+](=O)[O-])cc1. The topological polar surface area (TPSA) is 105 Å². The van der Waals surface area contributed by atoms with Gasteiger partial charge in [0.05, 0.1) is 21.7 Å². The zero-order valence-corrected chi connectivity index (χ0v) is 11.9. The van der Waals surface area contributed by atoms with Crippen LogP contribution in [0.5, 0.6) is 0 Å². The summed E-state index contributed by atoms with van der Waals surface area (Å²) >= 11 is 0. The van der Waals surface area contributed by atoms with Crippen molar-refractivity contribution in [1.82, 2.24) is 0 Å². The molecule has 0 fully saturated rings. The fourth-order valence-corrected chi connectivity index (χ4v) is 1.78. The third kappa shape index (κ3) is 4.50. The second kappa shape index (κ2) is 7.51. The molecular weight excluding hydrogens is 298 g/mol. The Balaban J connectivity index is 1.97. The number of hydrogen-bond acceptors (Lipinski definition) is 5. The molecule has 7 heteroatoms. The molecular formula is C16H13N3O4. The number of anilines is 1. The molecule has 0 amide bonds. The summed E-state index contributed by atoms with van der Waals surface area (Å²) in [4.78, 5) is 21.1. The van der Waals surface area contributed by atoms with Gasteiger partial charge in [0, 0.05) is 12.3 Å². The van der Waals surface area contributed by atoms with Gasteiger partial charge in [-0.1, -0.05) is 12.1 Å². The lowest BCUT2D eigenvalue weighted by molar-refractivity contribution is -0.385. The normalized spacial score (nSPS) is 11.0. The summed E-state index contributed by atoms with van der Waals surface area (Å²) in [6.45, 7) is 0. The van der Waals surface area contributed by atoms with Crippen LogP contribution in [0.15, 0.2) is 59.7 Å². The Morgan fingerprint density at radius 3 is 2.52 bits per heavy atom. The van der Waals surface area contributed by atoms with Crippen molar-refractivity contribution in [2.75, 3.05) is 5.43 Å². The van der Waals surface area contributed by atoms with Crippen LogP contribution in [0.2, 0.25) is 0 Å². The summed E-state index contributed by atoms with van der Waals surface area (Å²) < 4.78 is 0. The number of nitro benzene ring substituents is 1. The highest BCUT2D eigenvalue weighted by Gasteiger charge is 2.08. The van der Waals surface area contributed by atoms with Crippen molar-refractivity contribution < 1.29 is 14.8 Å². The van der Waals surface area contributed by atoms with Gasteiger partial charge in [0.2, 0.25) is 0 Å². The summed E-state index contributed by atoms with van der Waals surface area (Å²) in [6.07, 6.45) is 4.60. The van der Waals surface area contributed by atoms with E-state index in [0.29, 0.717) is 11.3 Å². The first-order valence-corrected chi connectivity index (χ1v) is 6.60. The number of hydrogen-bond donors (Lipinski definition) is 2. The minimum absolute atomic E-state index is 0.0226. The molecule has 7 nitrogen and oxygen atoms in total. The van der Waals surface area contributed by atoms with Crippen molar-refractivity contribution in [2.45, 2.75) is 0 Å². The maximum absolute atomic E-state index is 10.9. The van der Waals surface area contributed by atoms with Crippen LogP contribution >= 0.6 is 0 Å². The maximum atomic E-state index is 10.9. The van der Waals surface area contributed by atoms with Gasteiger partial charge in [-0.15, -0.1) is 0 Å². The number of nitro groups is 1. The maximum Gasteiger partial charge on any atom is 0.335 e. The third-order valence-electron chi connectivity index (χ3n) is 2.90. The van der Waals surface area contributed by atoms with Gasteiger partial charge in [0.15, 0.2) is 0 Å². The monoisotopic (exact) mass is 311 g/mol. The zero-order chi connectivity index (χ0) is 16.7. The Hall–Kier alpha value is -3.48. The lowest BCUT2D eigenvalue weighted by Crippen LogP contribution is -1.96. The number of carbonyl (C=O) groups is 1. The first-order chi connectivity index (χ1) is 11.1. The minimum atomic E-state index is -0.993. The van der Waals surface area contributed by atoms with Crippen molar-refractivity contribution >= 4 is 29.6 Å². The van der Waals surface area contributed by atoms with Crippen molar-refractivity contribution in [3.05, 3.63) is 75.8 Å². The number of benzene rings is 2. The molecule has 0 aliphatic rings. The molecule has 0 heterocycles. The number of allylic oxidation sites excluding steroid dienone is 1. The number of aromatic carboxylic acids is 1. The Bertz CT molecular complexity index is 767. The van der Waals surface area contributed by atoms with Crippen LogP contribution in [0.25, 0.3) is 6.08 Å². The number of carboxylic acid groups (broad SMARTS) is 1. The Morgan fingerprint density at radius 1 is 1.17 bits per heavy atom. The Kier molecular flexibility index (Phi) is 5.19. The number of rotatable bonds is 6. The van der Waals surface area contributed by atoms with Crippen LogP contribution in [0.4, 0.5) is 11.4 Å². The standard InChI is InChI=1S/C16H13N3O4/c20-16(21)13-7-9-14(10-8-13)18-17-11-3-5-12-4-1-2-6-15(12)19(22)23/h1-11,18H,(H,20,21)/b5-3+,17-11-. The van der Waals surface area contributed by atoms with Gasteiger partial charge in [-0.2, -0.15) is 5.10 Å². The number of hydrazone groups is 1. The lowest BCUT2D eigenvalue weighted by atomic mass is 10.2. The molecule has 0 saturated heterocycles. The molecule has 0 radical (unpaired) electrons. The van der Waals surface area contributed by atoms with Gasteiger partial charge in [-0.25, -0.2) is 4.79 Å². The molecule has 0 spiro atoms. The van der Waals surface area contributed by atoms with E-state index in [2.05, 4.69) is 10.5 Å². The van der Waals surface area contributed by atoms with Gasteiger partial charge < -0.3 is 5.11 Å². The van der Waals surface area contributed by atoms with Gasteiger partial charge >= 0.3 is 5.97 Å². The van der Waals surface area contributed by atoms with Gasteiger partial charge in [0.25, 0.3) is 5.69 Å². The van der Waals surface area contributed by atoms with E-state index in [4.69, 9.17) is 5.11 Å². The predicted molar refractivity (Wildman–Crippen MR) is 87.6 cm³/mol. The van der Waals surface area contributed by atoms with Crippen molar-refractivity contribution in [2.24, 2.45) is 5.10 Å². The van der Waals surface area contributed by atoms with E-state index in [9.17, 15) is 14.9 Å². The largest absolute Gasteiger partial charge is 0.478 e. The predicted octanol–water partition coefficient (Wildman–Crippen LogP) is 3.40. The van der Waals surface area contributed by atoms with Gasteiger partial charge in [-0.3, -0.25) is 15.5 Å². The molecule has 0 aliphatic carbocycles. The van der Waals surface area contributed by atoms with E-state index in [-0.39, 0.29) is 11.3 Å². The number of nitrogens with zero attached hydrogens (tertiary/aromatic N) is 2. The molecule has 0 saturated carbocycles. The Morgan fingerprint density at radius 2 is 1.87 bits per heavy atom. The molecule has 0 atom stereocenters. The van der Waals surface area contributed by atoms with E-state index < -0.39 is 10.9 Å². The quantitative estimate of drug-likeness (QED) is 0.483. The van der Waals surface area contributed by atoms with Crippen molar-refractivity contribution in [3.63, 3.8) is 0 Å². The van der Waals surface area contributed by atoms with Crippen molar-refractivity contribution in [1.29, 1.82) is 0 Å². The smallest absolute Gasteiger partial charge is 0.335 e. The summed E-state index contributed by atoms with van der Waals surface area (Å²) in [5.74, 6) is -0.993. The van der Waals surface area contributed by atoms with E-state index in [1.165, 1.54) is 24.4 Å². The Labute approximate surface area is 131 Å². The highest BCUT2D eigenvalue weighted by Crippen LogP contribution is 2.18. The highest BCUT2D eigenvalue weighted by atomic mass is 16.6.